The molecule has 17 heavy (non-hydrogen) atoms. The van der Waals surface area contributed by atoms with Crippen LogP contribution in [0.5, 0.6) is 0 Å². The van der Waals surface area contributed by atoms with Crippen LogP contribution in [-0.2, 0) is 11.0 Å². The summed E-state index contributed by atoms with van der Waals surface area (Å²) in [6, 6.07) is 3.01. The molecule has 0 aliphatic rings. The van der Waals surface area contributed by atoms with Gasteiger partial charge in [0, 0.05) is 5.69 Å². The summed E-state index contributed by atoms with van der Waals surface area (Å²) in [5.74, 6) is -1.31. The Morgan fingerprint density at radius 2 is 2.00 bits per heavy atom. The Morgan fingerprint density at radius 3 is 2.41 bits per heavy atom. The summed E-state index contributed by atoms with van der Waals surface area (Å²) in [6.45, 7) is 0. The lowest BCUT2D eigenvalue weighted by atomic mass is 10.2. The number of alkyl halides is 3. The monoisotopic (exact) mass is 287 g/mol. The lowest BCUT2D eigenvalue weighted by Crippen LogP contribution is -2.22. The number of anilines is 1. The maximum atomic E-state index is 12.0. The Bertz CT molecular complexity index is 478. The van der Waals surface area contributed by atoms with Crippen molar-refractivity contribution in [2.75, 3.05) is 4.72 Å². The first-order valence-electron chi connectivity index (χ1n) is 4.00. The van der Waals surface area contributed by atoms with Gasteiger partial charge in [0.1, 0.15) is 0 Å². The van der Waals surface area contributed by atoms with Crippen LogP contribution >= 0.6 is 11.6 Å². The molecular formula is C8H5ClF3NO3S. The Hall–Kier alpha value is -1.28. The molecule has 1 rings (SSSR count). The molecule has 0 amide bonds. The second kappa shape index (κ2) is 4.92. The van der Waals surface area contributed by atoms with Crippen LogP contribution in [0, 0.1) is 0 Å². The van der Waals surface area contributed by atoms with Gasteiger partial charge >= 0.3 is 11.5 Å². The molecule has 0 spiro atoms. The predicted molar refractivity (Wildman–Crippen MR) is 56.2 cm³/mol. The third-order valence-corrected chi connectivity index (χ3v) is 2.77. The molecule has 9 heteroatoms. The Balaban J connectivity index is 2.92. The number of hydrogen-bond donors (Lipinski definition) is 2. The van der Waals surface area contributed by atoms with E-state index in [9.17, 15) is 22.2 Å². The standard InChI is InChI=1S/C8H5ClF3NO3S/c9-6-3-4(1-2-5(6)7(14)15)13-17(16)8(10,11)12/h1-3,13H,(H,14,15). The molecule has 0 saturated heterocycles. The number of nitrogens with one attached hydrogen (secondary N) is 1. The molecule has 0 aliphatic heterocycles. The number of carboxylic acid groups (broad SMARTS) is 1. The number of rotatable bonds is 3. The summed E-state index contributed by atoms with van der Waals surface area (Å²) < 4.78 is 48.2. The molecule has 0 bridgehead atoms. The lowest BCUT2D eigenvalue weighted by molar-refractivity contribution is -0.0379. The molecule has 1 atom stereocenters. The first-order valence-corrected chi connectivity index (χ1v) is 5.52. The average molecular weight is 288 g/mol. The third-order valence-electron chi connectivity index (χ3n) is 1.62. The van der Waals surface area contributed by atoms with Crippen LogP contribution in [0.2, 0.25) is 5.02 Å². The SMILES string of the molecule is O=C(O)c1ccc(NS(=O)C(F)(F)F)cc1Cl. The molecule has 1 unspecified atom stereocenters. The van der Waals surface area contributed by atoms with Crippen LogP contribution in [0.15, 0.2) is 18.2 Å². The fraction of sp³-hybridized carbons (Fsp3) is 0.125. The normalized spacial score (nSPS) is 13.2. The van der Waals surface area contributed by atoms with E-state index in [0.717, 1.165) is 18.2 Å². The Labute approximate surface area is 101 Å². The molecule has 2 N–H and O–H groups in total. The van der Waals surface area contributed by atoms with E-state index in [1.54, 1.807) is 4.72 Å². The number of halogens is 4. The first kappa shape index (κ1) is 13.8. The van der Waals surface area contributed by atoms with E-state index in [2.05, 4.69) is 0 Å². The summed E-state index contributed by atoms with van der Waals surface area (Å²) in [5.41, 5.74) is -5.34. The highest BCUT2D eigenvalue weighted by atomic mass is 35.5. The lowest BCUT2D eigenvalue weighted by Gasteiger charge is -2.09. The largest absolute Gasteiger partial charge is 0.490 e. The van der Waals surface area contributed by atoms with Gasteiger partial charge in [0.25, 0.3) is 0 Å². The molecule has 94 valence electrons. The van der Waals surface area contributed by atoms with E-state index in [-0.39, 0.29) is 16.3 Å². The van der Waals surface area contributed by atoms with Gasteiger partial charge in [-0.15, -0.1) is 0 Å². The minimum Gasteiger partial charge on any atom is -0.478 e. The summed E-state index contributed by atoms with van der Waals surface area (Å²) >= 11 is 5.52. The van der Waals surface area contributed by atoms with Crippen molar-refractivity contribution >= 4 is 34.2 Å². The van der Waals surface area contributed by atoms with Gasteiger partial charge in [-0.05, 0) is 18.2 Å². The van der Waals surface area contributed by atoms with Crippen LogP contribution in [0.3, 0.4) is 0 Å². The molecule has 0 fully saturated rings. The number of benzene rings is 1. The first-order chi connectivity index (χ1) is 7.71. The fourth-order valence-corrected chi connectivity index (χ4v) is 1.64. The zero-order valence-corrected chi connectivity index (χ0v) is 9.49. The van der Waals surface area contributed by atoms with Crippen molar-refractivity contribution in [2.45, 2.75) is 5.51 Å². The second-order valence-electron chi connectivity index (χ2n) is 2.82. The number of carbonyl (C=O) groups is 1. The minimum atomic E-state index is -4.90. The maximum Gasteiger partial charge on any atom is 0.490 e. The highest BCUT2D eigenvalue weighted by Gasteiger charge is 2.37. The van der Waals surface area contributed by atoms with Crippen molar-refractivity contribution in [1.29, 1.82) is 0 Å². The van der Waals surface area contributed by atoms with E-state index < -0.39 is 22.5 Å². The fourth-order valence-electron chi connectivity index (χ4n) is 0.917. The van der Waals surface area contributed by atoms with Crippen molar-refractivity contribution in [2.24, 2.45) is 0 Å². The van der Waals surface area contributed by atoms with E-state index in [4.69, 9.17) is 16.7 Å². The highest BCUT2D eigenvalue weighted by molar-refractivity contribution is 7.87. The van der Waals surface area contributed by atoms with Gasteiger partial charge in [-0.1, -0.05) is 11.6 Å². The maximum absolute atomic E-state index is 12.0. The van der Waals surface area contributed by atoms with Gasteiger partial charge in [0.15, 0.2) is 0 Å². The topological polar surface area (TPSA) is 66.4 Å². The number of carboxylic acids is 1. The molecule has 0 radical (unpaired) electrons. The van der Waals surface area contributed by atoms with Crippen molar-refractivity contribution in [3.05, 3.63) is 28.8 Å². The average Bonchev–Trinajstić information content (AvgIpc) is 2.15. The Kier molecular flexibility index (Phi) is 3.99. The minimum absolute atomic E-state index is 0.185. The van der Waals surface area contributed by atoms with E-state index in [1.807, 2.05) is 0 Å². The van der Waals surface area contributed by atoms with Crippen LogP contribution < -0.4 is 4.72 Å². The zero-order valence-electron chi connectivity index (χ0n) is 7.92. The smallest absolute Gasteiger partial charge is 0.478 e. The van der Waals surface area contributed by atoms with E-state index >= 15 is 0 Å². The number of hydrogen-bond acceptors (Lipinski definition) is 2. The quantitative estimate of drug-likeness (QED) is 0.898. The molecule has 4 nitrogen and oxygen atoms in total. The highest BCUT2D eigenvalue weighted by Crippen LogP contribution is 2.25. The van der Waals surface area contributed by atoms with Crippen LogP contribution in [0.4, 0.5) is 18.9 Å². The Morgan fingerprint density at radius 1 is 1.41 bits per heavy atom. The summed E-state index contributed by atoms with van der Waals surface area (Å²) in [5, 5.41) is 8.37. The van der Waals surface area contributed by atoms with Crippen molar-refractivity contribution in [3.63, 3.8) is 0 Å². The summed E-state index contributed by atoms with van der Waals surface area (Å²) in [7, 11) is -3.27. The molecule has 1 aromatic carbocycles. The molecule has 0 aromatic heterocycles. The van der Waals surface area contributed by atoms with Crippen molar-refractivity contribution < 1.29 is 27.3 Å². The van der Waals surface area contributed by atoms with Crippen molar-refractivity contribution in [1.82, 2.24) is 0 Å². The van der Waals surface area contributed by atoms with Crippen molar-refractivity contribution in [3.8, 4) is 0 Å². The van der Waals surface area contributed by atoms with Gasteiger partial charge in [-0.25, -0.2) is 9.00 Å². The van der Waals surface area contributed by atoms with Gasteiger partial charge in [-0.2, -0.15) is 13.2 Å². The van der Waals surface area contributed by atoms with Gasteiger partial charge in [0.05, 0.1) is 10.6 Å². The summed E-state index contributed by atoms with van der Waals surface area (Å²) in [6.07, 6.45) is 0. The molecule has 0 saturated carbocycles. The molecule has 0 aliphatic carbocycles. The molecule has 0 heterocycles. The summed E-state index contributed by atoms with van der Waals surface area (Å²) in [4.78, 5) is 10.6. The van der Waals surface area contributed by atoms with Gasteiger partial charge in [0.2, 0.25) is 11.0 Å². The van der Waals surface area contributed by atoms with E-state index in [1.165, 1.54) is 0 Å². The van der Waals surface area contributed by atoms with Crippen LogP contribution in [0.25, 0.3) is 0 Å². The second-order valence-corrected chi connectivity index (χ2v) is 4.43. The number of aromatic carboxylic acids is 1. The zero-order chi connectivity index (χ0) is 13.2. The third kappa shape index (κ3) is 3.60. The van der Waals surface area contributed by atoms with Crippen LogP contribution in [-0.4, -0.2) is 20.8 Å². The van der Waals surface area contributed by atoms with Crippen LogP contribution in [0.1, 0.15) is 10.4 Å². The molecular weight excluding hydrogens is 283 g/mol. The molecule has 1 aromatic rings. The van der Waals surface area contributed by atoms with Gasteiger partial charge < -0.3 is 5.11 Å². The van der Waals surface area contributed by atoms with Gasteiger partial charge in [-0.3, -0.25) is 4.72 Å². The van der Waals surface area contributed by atoms with E-state index in [0.29, 0.717) is 0 Å². The predicted octanol–water partition coefficient (Wildman–Crippen LogP) is 2.63.